The number of rotatable bonds is 7. The van der Waals surface area contributed by atoms with Crippen molar-refractivity contribution in [2.24, 2.45) is 0 Å². The van der Waals surface area contributed by atoms with Crippen LogP contribution >= 0.6 is 0 Å². The van der Waals surface area contributed by atoms with Crippen molar-refractivity contribution in [1.82, 2.24) is 5.32 Å². The van der Waals surface area contributed by atoms with Crippen LogP contribution in [0.25, 0.3) is 0 Å². The van der Waals surface area contributed by atoms with E-state index in [0.29, 0.717) is 17.2 Å². The minimum absolute atomic E-state index is 0.00362. The normalized spacial score (nSPS) is 11.5. The van der Waals surface area contributed by atoms with Crippen molar-refractivity contribution in [1.29, 1.82) is 0 Å². The van der Waals surface area contributed by atoms with E-state index in [-0.39, 0.29) is 13.2 Å². The maximum absolute atomic E-state index is 13.2. The average molecular weight is 348 g/mol. The Kier molecular flexibility index (Phi) is 6.59. The van der Waals surface area contributed by atoms with Gasteiger partial charge in [-0.15, -0.1) is 0 Å². The number of urea groups is 1. The fourth-order valence-electron chi connectivity index (χ4n) is 2.03. The zero-order valence-corrected chi connectivity index (χ0v) is 14.1. The third-order valence-corrected chi connectivity index (χ3v) is 3.45. The molecule has 0 aliphatic rings. The lowest BCUT2D eigenvalue weighted by molar-refractivity contribution is 0.108. The highest BCUT2D eigenvalue weighted by molar-refractivity contribution is 5.90. The van der Waals surface area contributed by atoms with Gasteiger partial charge in [-0.05, 0) is 48.9 Å². The molecule has 1 atom stereocenters. The molecular formula is C18H21FN2O4. The van der Waals surface area contributed by atoms with E-state index in [1.807, 2.05) is 0 Å². The number of methoxy groups -OCH3 is 1. The summed E-state index contributed by atoms with van der Waals surface area (Å²) in [6.45, 7) is 1.77. The molecule has 0 saturated heterocycles. The maximum atomic E-state index is 13.2. The van der Waals surface area contributed by atoms with Gasteiger partial charge in [-0.25, -0.2) is 9.18 Å². The molecule has 2 aromatic rings. The fraction of sp³-hybridized carbons (Fsp3) is 0.278. The second kappa shape index (κ2) is 8.89. The number of anilines is 1. The van der Waals surface area contributed by atoms with E-state index in [2.05, 4.69) is 10.6 Å². The molecule has 2 aromatic carbocycles. The van der Waals surface area contributed by atoms with Gasteiger partial charge in [-0.3, -0.25) is 0 Å². The monoisotopic (exact) mass is 348 g/mol. The van der Waals surface area contributed by atoms with Crippen LogP contribution in [0.4, 0.5) is 14.9 Å². The molecule has 0 bridgehead atoms. The van der Waals surface area contributed by atoms with Crippen LogP contribution in [0.15, 0.2) is 42.5 Å². The van der Waals surface area contributed by atoms with Crippen molar-refractivity contribution in [2.75, 3.05) is 25.6 Å². The van der Waals surface area contributed by atoms with Gasteiger partial charge in [0.25, 0.3) is 0 Å². The van der Waals surface area contributed by atoms with E-state index in [9.17, 15) is 14.3 Å². The van der Waals surface area contributed by atoms with E-state index in [0.717, 1.165) is 5.56 Å². The van der Waals surface area contributed by atoms with Crippen LogP contribution in [-0.4, -0.2) is 37.5 Å². The number of nitrogens with one attached hydrogen (secondary N) is 2. The molecular weight excluding hydrogens is 327 g/mol. The zero-order valence-electron chi connectivity index (χ0n) is 14.1. The smallest absolute Gasteiger partial charge is 0.319 e. The number of aliphatic hydroxyl groups excluding tert-OH is 1. The van der Waals surface area contributed by atoms with Gasteiger partial charge in [0.15, 0.2) is 0 Å². The fourth-order valence-corrected chi connectivity index (χ4v) is 2.03. The van der Waals surface area contributed by atoms with Crippen LogP contribution in [0.1, 0.15) is 5.56 Å². The number of aliphatic hydroxyl groups is 1. The topological polar surface area (TPSA) is 79.8 Å². The van der Waals surface area contributed by atoms with Crippen molar-refractivity contribution >= 4 is 11.7 Å². The standard InChI is InChI=1S/C18H21FN2O4/c1-12-3-4-13(19)9-17(12)21-18(23)20-10-14(22)11-25-16-7-5-15(24-2)6-8-16/h3-9,14,22H,10-11H2,1-2H3,(H2,20,21,23)/t14-/m0/s1. The number of halogens is 1. The van der Waals surface area contributed by atoms with E-state index < -0.39 is 18.0 Å². The lowest BCUT2D eigenvalue weighted by atomic mass is 10.2. The Morgan fingerprint density at radius 3 is 2.56 bits per heavy atom. The third kappa shape index (κ3) is 5.96. The average Bonchev–Trinajstić information content (AvgIpc) is 2.61. The highest BCUT2D eigenvalue weighted by Gasteiger charge is 2.10. The molecule has 0 unspecified atom stereocenters. The zero-order chi connectivity index (χ0) is 18.2. The van der Waals surface area contributed by atoms with E-state index in [1.165, 1.54) is 12.1 Å². The summed E-state index contributed by atoms with van der Waals surface area (Å²) >= 11 is 0. The quantitative estimate of drug-likeness (QED) is 0.719. The molecule has 0 radical (unpaired) electrons. The summed E-state index contributed by atoms with van der Waals surface area (Å²) in [6.07, 6.45) is -0.888. The van der Waals surface area contributed by atoms with Crippen LogP contribution in [-0.2, 0) is 0 Å². The minimum Gasteiger partial charge on any atom is -0.497 e. The number of benzene rings is 2. The number of carbonyl (C=O) groups excluding carboxylic acids is 1. The number of hydrogen-bond donors (Lipinski definition) is 3. The number of carbonyl (C=O) groups is 1. The molecule has 2 amide bonds. The molecule has 7 heteroatoms. The van der Waals surface area contributed by atoms with Crippen LogP contribution in [0, 0.1) is 12.7 Å². The predicted molar refractivity (Wildman–Crippen MR) is 92.7 cm³/mol. The molecule has 0 aliphatic heterocycles. The van der Waals surface area contributed by atoms with Crippen LogP contribution in [0.3, 0.4) is 0 Å². The first-order valence-electron chi connectivity index (χ1n) is 7.74. The molecule has 6 nitrogen and oxygen atoms in total. The van der Waals surface area contributed by atoms with Gasteiger partial charge >= 0.3 is 6.03 Å². The molecule has 0 fully saturated rings. The summed E-state index contributed by atoms with van der Waals surface area (Å²) in [5.74, 6) is 0.854. The van der Waals surface area contributed by atoms with Gasteiger partial charge in [-0.1, -0.05) is 6.07 Å². The Bertz CT molecular complexity index is 707. The summed E-state index contributed by atoms with van der Waals surface area (Å²) in [5, 5.41) is 14.9. The van der Waals surface area contributed by atoms with Gasteiger partial charge < -0.3 is 25.2 Å². The third-order valence-electron chi connectivity index (χ3n) is 3.45. The van der Waals surface area contributed by atoms with Crippen molar-refractivity contribution < 1.29 is 23.8 Å². The molecule has 0 heterocycles. The van der Waals surface area contributed by atoms with Crippen molar-refractivity contribution in [3.63, 3.8) is 0 Å². The maximum Gasteiger partial charge on any atom is 0.319 e. The van der Waals surface area contributed by atoms with Gasteiger partial charge in [0.2, 0.25) is 0 Å². The molecule has 0 saturated carbocycles. The second-order valence-corrected chi connectivity index (χ2v) is 5.43. The first-order valence-corrected chi connectivity index (χ1v) is 7.74. The second-order valence-electron chi connectivity index (χ2n) is 5.43. The molecule has 0 aromatic heterocycles. The summed E-state index contributed by atoms with van der Waals surface area (Å²) in [5.41, 5.74) is 1.11. The number of amides is 2. The van der Waals surface area contributed by atoms with Crippen LogP contribution in [0.5, 0.6) is 11.5 Å². The van der Waals surface area contributed by atoms with E-state index in [4.69, 9.17) is 9.47 Å². The summed E-state index contributed by atoms with van der Waals surface area (Å²) in [7, 11) is 1.57. The largest absolute Gasteiger partial charge is 0.497 e. The summed E-state index contributed by atoms with van der Waals surface area (Å²) in [4.78, 5) is 11.8. The van der Waals surface area contributed by atoms with Gasteiger partial charge in [0.05, 0.1) is 7.11 Å². The van der Waals surface area contributed by atoms with Crippen molar-refractivity contribution in [3.05, 3.63) is 53.8 Å². The Balaban J connectivity index is 1.74. The molecule has 3 N–H and O–H groups in total. The highest BCUT2D eigenvalue weighted by atomic mass is 19.1. The SMILES string of the molecule is COc1ccc(OC[C@@H](O)CNC(=O)Nc2cc(F)ccc2C)cc1. The minimum atomic E-state index is -0.888. The number of aryl methyl sites for hydroxylation is 1. The van der Waals surface area contributed by atoms with E-state index >= 15 is 0 Å². The van der Waals surface area contributed by atoms with Crippen molar-refractivity contribution in [3.8, 4) is 11.5 Å². The van der Waals surface area contributed by atoms with E-state index in [1.54, 1.807) is 44.4 Å². The molecule has 134 valence electrons. The van der Waals surface area contributed by atoms with Gasteiger partial charge in [0, 0.05) is 12.2 Å². The Morgan fingerprint density at radius 2 is 1.88 bits per heavy atom. The predicted octanol–water partition coefficient (Wildman–Crippen LogP) is 2.70. The Labute approximate surface area is 145 Å². The summed E-state index contributed by atoms with van der Waals surface area (Å²) in [6, 6.07) is 10.5. The lowest BCUT2D eigenvalue weighted by Gasteiger charge is -2.14. The summed E-state index contributed by atoms with van der Waals surface area (Å²) < 4.78 is 23.7. The first-order chi connectivity index (χ1) is 12.0. The molecule has 0 spiro atoms. The molecule has 2 rings (SSSR count). The number of ether oxygens (including phenoxy) is 2. The first kappa shape index (κ1) is 18.5. The lowest BCUT2D eigenvalue weighted by Crippen LogP contribution is -2.37. The van der Waals surface area contributed by atoms with Gasteiger partial charge in [0.1, 0.15) is 30.0 Å². The number of hydrogen-bond acceptors (Lipinski definition) is 4. The Hall–Kier alpha value is -2.80. The Morgan fingerprint density at radius 1 is 1.20 bits per heavy atom. The van der Waals surface area contributed by atoms with Gasteiger partial charge in [-0.2, -0.15) is 0 Å². The van der Waals surface area contributed by atoms with Crippen LogP contribution in [0.2, 0.25) is 0 Å². The molecule has 25 heavy (non-hydrogen) atoms. The van der Waals surface area contributed by atoms with Crippen LogP contribution < -0.4 is 20.1 Å². The van der Waals surface area contributed by atoms with Crippen molar-refractivity contribution in [2.45, 2.75) is 13.0 Å². The highest BCUT2D eigenvalue weighted by Crippen LogP contribution is 2.17. The molecule has 0 aliphatic carbocycles.